The van der Waals surface area contributed by atoms with Crippen molar-refractivity contribution in [3.8, 4) is 22.4 Å². The van der Waals surface area contributed by atoms with Gasteiger partial charge in [0.05, 0.1) is 5.69 Å². The molecule has 0 radical (unpaired) electrons. The van der Waals surface area contributed by atoms with E-state index < -0.39 is 0 Å². The van der Waals surface area contributed by atoms with Crippen molar-refractivity contribution in [1.82, 2.24) is 4.98 Å². The monoisotopic (exact) mass is 369 g/mol. The van der Waals surface area contributed by atoms with E-state index >= 15 is 0 Å². The van der Waals surface area contributed by atoms with Crippen molar-refractivity contribution in [2.24, 2.45) is 5.73 Å². The second-order valence-electron chi connectivity index (χ2n) is 6.34. The van der Waals surface area contributed by atoms with Gasteiger partial charge in [-0.05, 0) is 41.8 Å². The Balaban J connectivity index is 2.05. The zero-order chi connectivity index (χ0) is 17.7. The van der Waals surface area contributed by atoms with Crippen LogP contribution in [-0.2, 0) is 13.0 Å². The highest BCUT2D eigenvalue weighted by atomic mass is 35.5. The SMILES string of the molecule is Cc1ccc2c(c1)-c1nc(N)c(CN)c(-c3ccc(Cl)cc3Cl)c1C2. The number of anilines is 1. The van der Waals surface area contributed by atoms with Gasteiger partial charge in [-0.3, -0.25) is 0 Å². The molecule has 0 atom stereocenters. The van der Waals surface area contributed by atoms with Crippen molar-refractivity contribution in [1.29, 1.82) is 0 Å². The van der Waals surface area contributed by atoms with Gasteiger partial charge < -0.3 is 11.5 Å². The van der Waals surface area contributed by atoms with Crippen LogP contribution < -0.4 is 11.5 Å². The molecule has 1 aliphatic rings. The highest BCUT2D eigenvalue weighted by Crippen LogP contribution is 2.45. The van der Waals surface area contributed by atoms with Gasteiger partial charge in [0.1, 0.15) is 5.82 Å². The Morgan fingerprint density at radius 2 is 1.88 bits per heavy atom. The fourth-order valence-electron chi connectivity index (χ4n) is 3.56. The molecule has 3 nitrogen and oxygen atoms in total. The lowest BCUT2D eigenvalue weighted by Crippen LogP contribution is -2.09. The van der Waals surface area contributed by atoms with Crippen molar-refractivity contribution in [2.45, 2.75) is 19.9 Å². The number of halogens is 2. The third kappa shape index (κ3) is 2.60. The topological polar surface area (TPSA) is 64.9 Å². The molecule has 0 saturated heterocycles. The van der Waals surface area contributed by atoms with Gasteiger partial charge in [0.25, 0.3) is 0 Å². The third-order valence-corrected chi connectivity index (χ3v) is 5.27. The molecule has 25 heavy (non-hydrogen) atoms. The Morgan fingerprint density at radius 3 is 2.60 bits per heavy atom. The average Bonchev–Trinajstić information content (AvgIpc) is 2.92. The van der Waals surface area contributed by atoms with E-state index in [4.69, 9.17) is 34.7 Å². The molecule has 0 fully saturated rings. The summed E-state index contributed by atoms with van der Waals surface area (Å²) < 4.78 is 0. The number of pyridine rings is 1. The van der Waals surface area contributed by atoms with E-state index in [9.17, 15) is 0 Å². The second-order valence-corrected chi connectivity index (χ2v) is 7.19. The quantitative estimate of drug-likeness (QED) is 0.523. The van der Waals surface area contributed by atoms with Crippen LogP contribution in [0.25, 0.3) is 22.4 Å². The standard InChI is InChI=1S/C20H17Cl2N3/c1-10-2-3-11-7-15-18(13-5-4-12(21)8-17(13)22)16(9-23)20(24)25-19(15)14(11)6-10/h2-6,8H,7,9,23H2,1H3,(H2,24,25). The number of nitrogen functional groups attached to an aromatic ring is 1. The van der Waals surface area contributed by atoms with Crippen LogP contribution in [0.5, 0.6) is 0 Å². The second kappa shape index (κ2) is 6.03. The van der Waals surface area contributed by atoms with E-state index in [2.05, 4.69) is 30.1 Å². The van der Waals surface area contributed by atoms with E-state index in [0.29, 0.717) is 22.4 Å². The van der Waals surface area contributed by atoms with Crippen molar-refractivity contribution in [2.75, 3.05) is 5.73 Å². The van der Waals surface area contributed by atoms with Crippen molar-refractivity contribution in [3.05, 3.63) is 68.7 Å². The lowest BCUT2D eigenvalue weighted by atomic mass is 9.93. The number of rotatable bonds is 2. The Morgan fingerprint density at radius 1 is 1.08 bits per heavy atom. The predicted molar refractivity (Wildman–Crippen MR) is 105 cm³/mol. The van der Waals surface area contributed by atoms with Gasteiger partial charge in [-0.2, -0.15) is 0 Å². The molecule has 0 unspecified atom stereocenters. The molecule has 126 valence electrons. The van der Waals surface area contributed by atoms with Crippen LogP contribution in [0.2, 0.25) is 10.0 Å². The van der Waals surface area contributed by atoms with Gasteiger partial charge in [-0.1, -0.05) is 47.0 Å². The molecule has 1 heterocycles. The molecule has 4 rings (SSSR count). The number of aromatic nitrogens is 1. The van der Waals surface area contributed by atoms with Gasteiger partial charge in [0, 0.05) is 39.7 Å². The molecule has 0 saturated carbocycles. The van der Waals surface area contributed by atoms with Gasteiger partial charge in [0.2, 0.25) is 0 Å². The van der Waals surface area contributed by atoms with Gasteiger partial charge in [0.15, 0.2) is 0 Å². The number of benzene rings is 2. The molecule has 5 heteroatoms. The minimum absolute atomic E-state index is 0.301. The molecular weight excluding hydrogens is 353 g/mol. The highest BCUT2D eigenvalue weighted by Gasteiger charge is 2.27. The van der Waals surface area contributed by atoms with Crippen LogP contribution in [0, 0.1) is 6.92 Å². The highest BCUT2D eigenvalue weighted by molar-refractivity contribution is 6.36. The summed E-state index contributed by atoms with van der Waals surface area (Å²) in [6.07, 6.45) is 0.791. The minimum atomic E-state index is 0.301. The molecule has 3 aromatic rings. The number of nitrogens with zero attached hydrogens (tertiary/aromatic N) is 1. The smallest absolute Gasteiger partial charge is 0.129 e. The number of fused-ring (bicyclic) bond motifs is 3. The van der Waals surface area contributed by atoms with Crippen LogP contribution in [0.3, 0.4) is 0 Å². The van der Waals surface area contributed by atoms with E-state index in [0.717, 1.165) is 39.9 Å². The normalized spacial score (nSPS) is 12.2. The van der Waals surface area contributed by atoms with Crippen LogP contribution >= 0.6 is 23.2 Å². The minimum Gasteiger partial charge on any atom is -0.383 e. The first kappa shape index (κ1) is 16.4. The summed E-state index contributed by atoms with van der Waals surface area (Å²) >= 11 is 12.6. The lowest BCUT2D eigenvalue weighted by Gasteiger charge is -2.17. The summed E-state index contributed by atoms with van der Waals surface area (Å²) in [6.45, 7) is 2.38. The summed E-state index contributed by atoms with van der Waals surface area (Å²) in [5.74, 6) is 0.455. The first-order valence-electron chi connectivity index (χ1n) is 8.06. The fourth-order valence-corrected chi connectivity index (χ4v) is 4.06. The van der Waals surface area contributed by atoms with Crippen LogP contribution in [0.4, 0.5) is 5.82 Å². The van der Waals surface area contributed by atoms with Crippen LogP contribution in [0.1, 0.15) is 22.3 Å². The summed E-state index contributed by atoms with van der Waals surface area (Å²) in [6, 6.07) is 11.9. The maximum atomic E-state index is 6.50. The molecule has 1 aromatic heterocycles. The molecule has 2 aromatic carbocycles. The zero-order valence-corrected chi connectivity index (χ0v) is 15.2. The summed E-state index contributed by atoms with van der Waals surface area (Å²) in [4.78, 5) is 4.67. The van der Waals surface area contributed by atoms with Gasteiger partial charge in [-0.25, -0.2) is 4.98 Å². The summed E-state index contributed by atoms with van der Waals surface area (Å²) in [5.41, 5.74) is 20.6. The molecule has 0 bridgehead atoms. The molecule has 0 amide bonds. The van der Waals surface area contributed by atoms with Crippen molar-refractivity contribution in [3.63, 3.8) is 0 Å². The maximum absolute atomic E-state index is 6.50. The summed E-state index contributed by atoms with van der Waals surface area (Å²) in [7, 11) is 0. The first-order chi connectivity index (χ1) is 12.0. The number of aryl methyl sites for hydroxylation is 1. The van der Waals surface area contributed by atoms with E-state index in [1.54, 1.807) is 6.07 Å². The largest absolute Gasteiger partial charge is 0.383 e. The lowest BCUT2D eigenvalue weighted by molar-refractivity contribution is 1.05. The number of nitrogens with two attached hydrogens (primary N) is 2. The third-order valence-electron chi connectivity index (χ3n) is 4.72. The molecule has 4 N–H and O–H groups in total. The Kier molecular flexibility index (Phi) is 3.95. The molecular formula is C20H17Cl2N3. The van der Waals surface area contributed by atoms with E-state index in [1.165, 1.54) is 11.1 Å². The Bertz CT molecular complexity index is 1010. The average molecular weight is 370 g/mol. The summed E-state index contributed by atoms with van der Waals surface area (Å²) in [5, 5.41) is 1.18. The van der Waals surface area contributed by atoms with Crippen molar-refractivity contribution >= 4 is 29.0 Å². The molecule has 0 spiro atoms. The maximum Gasteiger partial charge on any atom is 0.129 e. The Labute approximate surface area is 156 Å². The zero-order valence-electron chi connectivity index (χ0n) is 13.7. The van der Waals surface area contributed by atoms with E-state index in [1.807, 2.05) is 12.1 Å². The van der Waals surface area contributed by atoms with E-state index in [-0.39, 0.29) is 0 Å². The number of hydrogen-bond acceptors (Lipinski definition) is 3. The van der Waals surface area contributed by atoms with Crippen LogP contribution in [-0.4, -0.2) is 4.98 Å². The molecule has 1 aliphatic carbocycles. The fraction of sp³-hybridized carbons (Fsp3) is 0.150. The van der Waals surface area contributed by atoms with Gasteiger partial charge >= 0.3 is 0 Å². The first-order valence-corrected chi connectivity index (χ1v) is 8.81. The predicted octanol–water partition coefficient (Wildman–Crippen LogP) is 4.98. The van der Waals surface area contributed by atoms with Crippen molar-refractivity contribution < 1.29 is 0 Å². The van der Waals surface area contributed by atoms with Gasteiger partial charge in [-0.15, -0.1) is 0 Å². The Hall–Kier alpha value is -2.07. The number of hydrogen-bond donors (Lipinski definition) is 2. The van der Waals surface area contributed by atoms with Crippen LogP contribution in [0.15, 0.2) is 36.4 Å². The molecule has 0 aliphatic heterocycles.